The van der Waals surface area contributed by atoms with Gasteiger partial charge in [0.15, 0.2) is 0 Å². The molecule has 1 aromatic heterocycles. The van der Waals surface area contributed by atoms with Crippen LogP contribution in [0.3, 0.4) is 0 Å². The number of carbonyl (C=O) groups excluding carboxylic acids is 1. The van der Waals surface area contributed by atoms with Crippen molar-refractivity contribution in [2.75, 3.05) is 29.5 Å². The van der Waals surface area contributed by atoms with E-state index in [1.165, 1.54) is 10.6 Å². The second-order valence-corrected chi connectivity index (χ2v) is 11.9. The number of nitrogens with zero attached hydrogens (tertiary/aromatic N) is 3. The first kappa shape index (κ1) is 23.9. The Morgan fingerprint density at radius 1 is 1.17 bits per heavy atom. The van der Waals surface area contributed by atoms with Crippen LogP contribution >= 0.6 is 0 Å². The first-order chi connectivity index (χ1) is 16.7. The maximum absolute atomic E-state index is 12.5. The predicted molar refractivity (Wildman–Crippen MR) is 138 cm³/mol. The molecular formula is C26H32N4O4S. The van der Waals surface area contributed by atoms with Crippen LogP contribution in [-0.2, 0) is 32.4 Å². The number of pyridine rings is 1. The molecule has 2 aromatic rings. The lowest BCUT2D eigenvalue weighted by Gasteiger charge is -2.26. The van der Waals surface area contributed by atoms with Crippen LogP contribution in [0.1, 0.15) is 62.1 Å². The number of fused-ring (bicyclic) bond motifs is 1. The van der Waals surface area contributed by atoms with Crippen LogP contribution in [0.2, 0.25) is 0 Å². The van der Waals surface area contributed by atoms with Gasteiger partial charge in [-0.05, 0) is 62.8 Å². The van der Waals surface area contributed by atoms with E-state index in [2.05, 4.69) is 10.3 Å². The van der Waals surface area contributed by atoms with E-state index in [1.807, 2.05) is 31.2 Å². The van der Waals surface area contributed by atoms with E-state index in [0.29, 0.717) is 30.8 Å². The summed E-state index contributed by atoms with van der Waals surface area (Å²) >= 11 is 0. The van der Waals surface area contributed by atoms with E-state index >= 15 is 0 Å². The van der Waals surface area contributed by atoms with Crippen molar-refractivity contribution in [3.63, 3.8) is 0 Å². The third kappa shape index (κ3) is 5.26. The van der Waals surface area contributed by atoms with Gasteiger partial charge < -0.3 is 10.1 Å². The van der Waals surface area contributed by atoms with E-state index < -0.39 is 10.0 Å². The Kier molecular flexibility index (Phi) is 6.40. The molecular weight excluding hydrogens is 464 g/mol. The Morgan fingerprint density at radius 3 is 2.66 bits per heavy atom. The van der Waals surface area contributed by atoms with Gasteiger partial charge in [-0.2, -0.15) is 0 Å². The molecule has 186 valence electrons. The minimum Gasteiger partial charge on any atom is -0.374 e. The van der Waals surface area contributed by atoms with Gasteiger partial charge in [0.2, 0.25) is 10.0 Å². The zero-order valence-corrected chi connectivity index (χ0v) is 21.3. The van der Waals surface area contributed by atoms with E-state index in [1.54, 1.807) is 7.05 Å². The Hall–Kier alpha value is -2.78. The van der Waals surface area contributed by atoms with E-state index in [0.717, 1.165) is 66.1 Å². The fraction of sp³-hybridized carbons (Fsp3) is 0.500. The molecule has 2 fully saturated rings. The second kappa shape index (κ2) is 9.35. The SMILES string of the molecule is CC1=Nc2c(Nc3ccc(C4CCCCO4)cc3N(C)S(C)(=O)=O)cc(CC(=O)C3CC3)nc2C1. The smallest absolute Gasteiger partial charge is 0.232 e. The Labute approximate surface area is 206 Å². The van der Waals surface area contributed by atoms with Crippen LogP contribution < -0.4 is 9.62 Å². The highest BCUT2D eigenvalue weighted by atomic mass is 32.2. The molecule has 0 radical (unpaired) electrons. The summed E-state index contributed by atoms with van der Waals surface area (Å²) in [5, 5.41) is 3.43. The fourth-order valence-electron chi connectivity index (χ4n) is 4.73. The number of aromatic nitrogens is 1. The molecule has 1 N–H and O–H groups in total. The van der Waals surface area contributed by atoms with Crippen molar-refractivity contribution in [1.29, 1.82) is 0 Å². The summed E-state index contributed by atoms with van der Waals surface area (Å²) in [6.07, 6.45) is 7.09. The number of ether oxygens (including phenoxy) is 1. The molecule has 0 spiro atoms. The maximum Gasteiger partial charge on any atom is 0.232 e. The summed E-state index contributed by atoms with van der Waals surface area (Å²) in [7, 11) is -1.94. The molecule has 1 atom stereocenters. The van der Waals surface area contributed by atoms with Gasteiger partial charge in [-0.25, -0.2) is 8.42 Å². The predicted octanol–water partition coefficient (Wildman–Crippen LogP) is 4.63. The maximum atomic E-state index is 12.5. The van der Waals surface area contributed by atoms with E-state index in [-0.39, 0.29) is 17.8 Å². The second-order valence-electron chi connectivity index (χ2n) is 9.88. The van der Waals surface area contributed by atoms with E-state index in [9.17, 15) is 13.2 Å². The number of rotatable bonds is 8. The molecule has 9 heteroatoms. The van der Waals surface area contributed by atoms with Crippen LogP contribution in [0.15, 0.2) is 29.3 Å². The van der Waals surface area contributed by atoms with Gasteiger partial charge in [0.1, 0.15) is 11.5 Å². The van der Waals surface area contributed by atoms with Crippen LogP contribution in [0.25, 0.3) is 0 Å². The number of nitrogens with one attached hydrogen (secondary N) is 1. The largest absolute Gasteiger partial charge is 0.374 e. The molecule has 0 bridgehead atoms. The molecule has 1 saturated carbocycles. The summed E-state index contributed by atoms with van der Waals surface area (Å²) in [5.41, 5.74) is 6.15. The molecule has 1 saturated heterocycles. The van der Waals surface area contributed by atoms with Crippen molar-refractivity contribution in [2.24, 2.45) is 10.9 Å². The zero-order chi connectivity index (χ0) is 24.7. The average molecular weight is 497 g/mol. The number of sulfonamides is 1. The summed E-state index contributed by atoms with van der Waals surface area (Å²) in [5.74, 6) is 0.400. The summed E-state index contributed by atoms with van der Waals surface area (Å²) in [4.78, 5) is 21.9. The summed E-state index contributed by atoms with van der Waals surface area (Å²) < 4.78 is 32.2. The van der Waals surface area contributed by atoms with Crippen LogP contribution in [0.5, 0.6) is 0 Å². The third-order valence-corrected chi connectivity index (χ3v) is 8.10. The fourth-order valence-corrected chi connectivity index (χ4v) is 5.23. The quantitative estimate of drug-likeness (QED) is 0.572. The molecule has 0 amide bonds. The lowest BCUT2D eigenvalue weighted by atomic mass is 10.00. The van der Waals surface area contributed by atoms with Gasteiger partial charge in [-0.15, -0.1) is 0 Å². The number of hydrogen-bond acceptors (Lipinski definition) is 7. The summed E-state index contributed by atoms with van der Waals surface area (Å²) in [6.45, 7) is 2.67. The highest BCUT2D eigenvalue weighted by Gasteiger charge is 2.30. The molecule has 2 aliphatic heterocycles. The van der Waals surface area contributed by atoms with Crippen molar-refractivity contribution >= 4 is 44.3 Å². The van der Waals surface area contributed by atoms with Gasteiger partial charge in [0.05, 0.1) is 40.8 Å². The lowest BCUT2D eigenvalue weighted by Crippen LogP contribution is -2.26. The molecule has 1 aliphatic carbocycles. The number of hydrogen-bond donors (Lipinski definition) is 1. The van der Waals surface area contributed by atoms with Crippen molar-refractivity contribution in [3.8, 4) is 0 Å². The van der Waals surface area contributed by atoms with Crippen LogP contribution in [-0.4, -0.2) is 44.8 Å². The summed E-state index contributed by atoms with van der Waals surface area (Å²) in [6, 6.07) is 7.67. The van der Waals surface area contributed by atoms with Crippen molar-refractivity contribution in [1.82, 2.24) is 4.98 Å². The number of anilines is 3. The Balaban J connectivity index is 1.53. The van der Waals surface area contributed by atoms with Gasteiger partial charge >= 0.3 is 0 Å². The minimum atomic E-state index is -3.50. The minimum absolute atomic E-state index is 0.0398. The Bertz CT molecular complexity index is 1290. The van der Waals surface area contributed by atoms with Gasteiger partial charge in [-0.3, -0.25) is 19.1 Å². The number of aliphatic imine (C=N–C) groups is 1. The van der Waals surface area contributed by atoms with Gasteiger partial charge in [0.25, 0.3) is 0 Å². The van der Waals surface area contributed by atoms with Crippen molar-refractivity contribution in [2.45, 2.75) is 58.0 Å². The molecule has 1 aromatic carbocycles. The molecule has 1 unspecified atom stereocenters. The normalized spacial score (nSPS) is 19.7. The molecule has 3 aliphatic rings. The molecule has 5 rings (SSSR count). The van der Waals surface area contributed by atoms with E-state index in [4.69, 9.17) is 9.72 Å². The van der Waals surface area contributed by atoms with Crippen LogP contribution in [0, 0.1) is 5.92 Å². The number of carbonyl (C=O) groups is 1. The molecule has 8 nitrogen and oxygen atoms in total. The zero-order valence-electron chi connectivity index (χ0n) is 20.5. The topological polar surface area (TPSA) is 101 Å². The first-order valence-corrected chi connectivity index (χ1v) is 14.1. The van der Waals surface area contributed by atoms with Crippen molar-refractivity contribution in [3.05, 3.63) is 41.2 Å². The monoisotopic (exact) mass is 496 g/mol. The standard InChI is InChI=1S/C26H32N4O4S/c1-16-12-21-26(27-16)22(14-19(28-21)15-24(31)17-7-8-17)29-20-10-9-18(25-6-4-5-11-34-25)13-23(20)30(2)35(3,32)33/h9-10,13-14,17,25H,4-8,11-12,15H2,1-3H3,(H,28,29). The van der Waals surface area contributed by atoms with Gasteiger partial charge in [-0.1, -0.05) is 6.07 Å². The highest BCUT2D eigenvalue weighted by Crippen LogP contribution is 2.41. The third-order valence-electron chi connectivity index (χ3n) is 6.91. The van der Waals surface area contributed by atoms with Crippen molar-refractivity contribution < 1.29 is 17.9 Å². The van der Waals surface area contributed by atoms with Crippen LogP contribution in [0.4, 0.5) is 22.7 Å². The first-order valence-electron chi connectivity index (χ1n) is 12.2. The molecule has 35 heavy (non-hydrogen) atoms. The number of benzene rings is 1. The molecule has 3 heterocycles. The average Bonchev–Trinajstić information content (AvgIpc) is 3.60. The lowest BCUT2D eigenvalue weighted by molar-refractivity contribution is -0.119. The number of Topliss-reactive ketones (excluding diaryl/α,β-unsaturated/α-hetero) is 1. The highest BCUT2D eigenvalue weighted by molar-refractivity contribution is 7.92. The van der Waals surface area contributed by atoms with Gasteiger partial charge in [0, 0.05) is 38.1 Å². The Morgan fingerprint density at radius 2 is 1.97 bits per heavy atom. The number of ketones is 1.